The number of aromatic hydroxyl groups is 1. The predicted molar refractivity (Wildman–Crippen MR) is 74.7 cm³/mol. The number of hydrogen-bond donors (Lipinski definition) is 2. The maximum absolute atomic E-state index is 13.1. The molecule has 0 amide bonds. The van der Waals surface area contributed by atoms with Crippen LogP contribution in [0.2, 0.25) is 0 Å². The van der Waals surface area contributed by atoms with Gasteiger partial charge in [0, 0.05) is 25.7 Å². The van der Waals surface area contributed by atoms with E-state index < -0.39 is 5.82 Å². The van der Waals surface area contributed by atoms with Crippen LogP contribution in [0, 0.1) is 5.82 Å². The first-order valence-corrected chi connectivity index (χ1v) is 7.05. The maximum Gasteiger partial charge on any atom is 0.165 e. The molecular formula is C15H23FN2O. The van der Waals surface area contributed by atoms with E-state index in [4.69, 9.17) is 5.11 Å². The van der Waals surface area contributed by atoms with Gasteiger partial charge in [0.1, 0.15) is 0 Å². The lowest BCUT2D eigenvalue weighted by Crippen LogP contribution is -2.35. The van der Waals surface area contributed by atoms with Gasteiger partial charge in [0.15, 0.2) is 11.6 Å². The van der Waals surface area contributed by atoms with E-state index in [0.717, 1.165) is 24.7 Å². The molecule has 19 heavy (non-hydrogen) atoms. The number of benzene rings is 1. The van der Waals surface area contributed by atoms with E-state index in [0.29, 0.717) is 6.54 Å². The van der Waals surface area contributed by atoms with Crippen molar-refractivity contribution in [3.05, 3.63) is 29.6 Å². The molecule has 106 valence electrons. The van der Waals surface area contributed by atoms with E-state index in [1.54, 1.807) is 6.07 Å². The van der Waals surface area contributed by atoms with Crippen molar-refractivity contribution >= 4 is 0 Å². The monoisotopic (exact) mass is 266 g/mol. The minimum absolute atomic E-state index is 0.287. The fourth-order valence-corrected chi connectivity index (χ4v) is 2.68. The van der Waals surface area contributed by atoms with E-state index in [1.165, 1.54) is 37.8 Å². The summed E-state index contributed by atoms with van der Waals surface area (Å²) in [7, 11) is 2.18. The summed E-state index contributed by atoms with van der Waals surface area (Å²) >= 11 is 0. The summed E-state index contributed by atoms with van der Waals surface area (Å²) in [4.78, 5) is 2.41. The molecular weight excluding hydrogens is 243 g/mol. The Bertz CT molecular complexity index is 405. The van der Waals surface area contributed by atoms with Gasteiger partial charge in [0.2, 0.25) is 0 Å². The van der Waals surface area contributed by atoms with Crippen molar-refractivity contribution in [1.82, 2.24) is 10.2 Å². The van der Waals surface area contributed by atoms with Gasteiger partial charge in [0.05, 0.1) is 0 Å². The van der Waals surface area contributed by atoms with Crippen molar-refractivity contribution in [3.63, 3.8) is 0 Å². The number of nitrogens with one attached hydrogen (secondary N) is 1. The number of nitrogens with zero attached hydrogens (tertiary/aromatic N) is 1. The molecule has 0 unspecified atom stereocenters. The van der Waals surface area contributed by atoms with Crippen LogP contribution in [0.25, 0.3) is 0 Å². The molecule has 2 rings (SSSR count). The molecule has 0 saturated heterocycles. The van der Waals surface area contributed by atoms with Crippen LogP contribution in [0.15, 0.2) is 18.2 Å². The molecule has 4 heteroatoms. The van der Waals surface area contributed by atoms with E-state index in [9.17, 15) is 4.39 Å². The lowest BCUT2D eigenvalue weighted by molar-refractivity contribution is 0.245. The van der Waals surface area contributed by atoms with Crippen LogP contribution in [0.3, 0.4) is 0 Å². The average Bonchev–Trinajstić information content (AvgIpc) is 2.92. The molecule has 2 N–H and O–H groups in total. The topological polar surface area (TPSA) is 35.5 Å². The second kappa shape index (κ2) is 6.87. The SMILES string of the molecule is CN(CCNCc1ccc(O)c(F)c1)C1CCCC1. The Morgan fingerprint density at radius 1 is 1.37 bits per heavy atom. The molecule has 3 nitrogen and oxygen atoms in total. The second-order valence-corrected chi connectivity index (χ2v) is 5.38. The van der Waals surface area contributed by atoms with Gasteiger partial charge in [-0.15, -0.1) is 0 Å². The number of hydrogen-bond acceptors (Lipinski definition) is 3. The first-order valence-electron chi connectivity index (χ1n) is 7.05. The molecule has 1 aliphatic carbocycles. The highest BCUT2D eigenvalue weighted by Gasteiger charge is 2.18. The summed E-state index contributed by atoms with van der Waals surface area (Å²) in [5, 5.41) is 12.4. The number of phenolic OH excluding ortho intramolecular Hbond substituents is 1. The maximum atomic E-state index is 13.1. The molecule has 0 spiro atoms. The smallest absolute Gasteiger partial charge is 0.165 e. The summed E-state index contributed by atoms with van der Waals surface area (Å²) in [5.41, 5.74) is 0.860. The third kappa shape index (κ3) is 4.18. The largest absolute Gasteiger partial charge is 0.505 e. The van der Waals surface area contributed by atoms with Crippen molar-refractivity contribution < 1.29 is 9.50 Å². The first kappa shape index (κ1) is 14.3. The van der Waals surface area contributed by atoms with Crippen molar-refractivity contribution in [2.24, 2.45) is 0 Å². The van der Waals surface area contributed by atoms with Crippen LogP contribution in [0.5, 0.6) is 5.75 Å². The summed E-state index contributed by atoms with van der Waals surface area (Å²) in [6.07, 6.45) is 5.35. The highest BCUT2D eigenvalue weighted by molar-refractivity contribution is 5.27. The van der Waals surface area contributed by atoms with Crippen molar-refractivity contribution in [1.29, 1.82) is 0 Å². The molecule has 0 aromatic heterocycles. The van der Waals surface area contributed by atoms with E-state index in [-0.39, 0.29) is 5.75 Å². The molecule has 0 aliphatic heterocycles. The first-order chi connectivity index (χ1) is 9.16. The fraction of sp³-hybridized carbons (Fsp3) is 0.600. The normalized spacial score (nSPS) is 16.4. The average molecular weight is 266 g/mol. The van der Waals surface area contributed by atoms with Gasteiger partial charge in [-0.05, 0) is 37.6 Å². The Hall–Kier alpha value is -1.13. The summed E-state index contributed by atoms with van der Waals surface area (Å²) in [5.74, 6) is -0.841. The summed E-state index contributed by atoms with van der Waals surface area (Å²) < 4.78 is 13.1. The van der Waals surface area contributed by atoms with Gasteiger partial charge >= 0.3 is 0 Å². The van der Waals surface area contributed by atoms with Gasteiger partial charge < -0.3 is 15.3 Å². The minimum Gasteiger partial charge on any atom is -0.505 e. The van der Waals surface area contributed by atoms with Gasteiger partial charge in [-0.1, -0.05) is 18.9 Å². The quantitative estimate of drug-likeness (QED) is 0.777. The molecule has 1 saturated carbocycles. The van der Waals surface area contributed by atoms with Crippen LogP contribution in [-0.4, -0.2) is 36.2 Å². The van der Waals surface area contributed by atoms with Gasteiger partial charge in [-0.3, -0.25) is 0 Å². The van der Waals surface area contributed by atoms with Gasteiger partial charge in [-0.25, -0.2) is 4.39 Å². The van der Waals surface area contributed by atoms with E-state index >= 15 is 0 Å². The minimum atomic E-state index is -0.553. The number of likely N-dealkylation sites (N-methyl/N-ethyl adjacent to an activating group) is 1. The van der Waals surface area contributed by atoms with Crippen molar-refractivity contribution in [3.8, 4) is 5.75 Å². The van der Waals surface area contributed by atoms with Crippen LogP contribution in [0.4, 0.5) is 4.39 Å². The fourth-order valence-electron chi connectivity index (χ4n) is 2.68. The molecule has 0 atom stereocenters. The Labute approximate surface area is 114 Å². The summed E-state index contributed by atoms with van der Waals surface area (Å²) in [6, 6.07) is 5.26. The zero-order valence-electron chi connectivity index (χ0n) is 11.5. The molecule has 1 aromatic carbocycles. The number of rotatable bonds is 6. The molecule has 1 aliphatic rings. The summed E-state index contributed by atoms with van der Waals surface area (Å²) in [6.45, 7) is 2.55. The van der Waals surface area contributed by atoms with E-state index in [2.05, 4.69) is 17.3 Å². The molecule has 1 fully saturated rings. The lowest BCUT2D eigenvalue weighted by atomic mass is 10.2. The highest BCUT2D eigenvalue weighted by atomic mass is 19.1. The second-order valence-electron chi connectivity index (χ2n) is 5.38. The lowest BCUT2D eigenvalue weighted by Gasteiger charge is -2.23. The van der Waals surface area contributed by atoms with Gasteiger partial charge in [0.25, 0.3) is 0 Å². The standard InChI is InChI=1S/C15H23FN2O/c1-18(13-4-2-3-5-13)9-8-17-11-12-6-7-15(19)14(16)10-12/h6-7,10,13,17,19H,2-5,8-9,11H2,1H3. The predicted octanol–water partition coefficient (Wildman–Crippen LogP) is 2.50. The third-order valence-corrected chi connectivity index (χ3v) is 3.93. The number of phenols is 1. The molecule has 0 bridgehead atoms. The molecule has 0 heterocycles. The Morgan fingerprint density at radius 2 is 2.11 bits per heavy atom. The third-order valence-electron chi connectivity index (χ3n) is 3.93. The number of halogens is 1. The van der Waals surface area contributed by atoms with Crippen LogP contribution >= 0.6 is 0 Å². The Morgan fingerprint density at radius 3 is 2.79 bits per heavy atom. The molecule has 1 aromatic rings. The Balaban J connectivity index is 1.67. The zero-order valence-corrected chi connectivity index (χ0v) is 11.5. The van der Waals surface area contributed by atoms with Crippen LogP contribution in [0.1, 0.15) is 31.2 Å². The van der Waals surface area contributed by atoms with Crippen molar-refractivity contribution in [2.75, 3.05) is 20.1 Å². The zero-order chi connectivity index (χ0) is 13.7. The van der Waals surface area contributed by atoms with Crippen LogP contribution in [-0.2, 0) is 6.54 Å². The Kier molecular flexibility index (Phi) is 5.16. The van der Waals surface area contributed by atoms with Crippen molar-refractivity contribution in [2.45, 2.75) is 38.3 Å². The van der Waals surface area contributed by atoms with E-state index in [1.807, 2.05) is 0 Å². The molecule has 0 radical (unpaired) electrons. The van der Waals surface area contributed by atoms with Gasteiger partial charge in [-0.2, -0.15) is 0 Å². The highest BCUT2D eigenvalue weighted by Crippen LogP contribution is 2.21. The van der Waals surface area contributed by atoms with Crippen LogP contribution < -0.4 is 5.32 Å².